The highest BCUT2D eigenvalue weighted by Gasteiger charge is 2.18. The van der Waals surface area contributed by atoms with Crippen LogP contribution in [0.25, 0.3) is 5.03 Å². The molecule has 0 bridgehead atoms. The molecule has 0 heterocycles. The summed E-state index contributed by atoms with van der Waals surface area (Å²) < 4.78 is 18.8. The molecule has 1 atom stereocenters. The van der Waals surface area contributed by atoms with Gasteiger partial charge in [0.25, 0.3) is 0 Å². The zero-order chi connectivity index (χ0) is 17.7. The summed E-state index contributed by atoms with van der Waals surface area (Å²) in [7, 11) is -1.58. The van der Waals surface area contributed by atoms with Gasteiger partial charge in [0, 0.05) is 21.3 Å². The Balaban J connectivity index is 2.44. The first kappa shape index (κ1) is 19.2. The van der Waals surface area contributed by atoms with Gasteiger partial charge in [-0.05, 0) is 42.0 Å². The van der Waals surface area contributed by atoms with E-state index in [-0.39, 0.29) is 11.6 Å². The van der Waals surface area contributed by atoms with Gasteiger partial charge in [-0.2, -0.15) is 0 Å². The molecule has 7 heteroatoms. The summed E-state index contributed by atoms with van der Waals surface area (Å²) >= 11 is 15.7. The fourth-order valence-electron chi connectivity index (χ4n) is 1.82. The Morgan fingerprint density at radius 2 is 1.71 bits per heavy atom. The summed E-state index contributed by atoms with van der Waals surface area (Å²) in [6, 6.07) is 13.8. The summed E-state index contributed by atoms with van der Waals surface area (Å²) in [5, 5.41) is 0.831. The summed E-state index contributed by atoms with van der Waals surface area (Å²) in [6.07, 6.45) is 0. The first-order valence-electron chi connectivity index (χ1n) is 6.84. The minimum absolute atomic E-state index is 0.153. The van der Waals surface area contributed by atoms with Crippen molar-refractivity contribution < 1.29 is 13.7 Å². The molecule has 0 aromatic heterocycles. The highest BCUT2D eigenvalue weighted by molar-refractivity contribution is 9.10. The molecule has 0 amide bonds. The molecule has 0 saturated carbocycles. The first-order chi connectivity index (χ1) is 11.4. The number of rotatable bonds is 5. The molecule has 0 aliphatic carbocycles. The molecule has 2 aromatic rings. The van der Waals surface area contributed by atoms with Crippen LogP contribution in [0.15, 0.2) is 62.8 Å². The van der Waals surface area contributed by atoms with E-state index in [1.165, 1.54) is 6.92 Å². The Morgan fingerprint density at radius 3 is 2.25 bits per heavy atom. The van der Waals surface area contributed by atoms with Crippen molar-refractivity contribution in [1.82, 2.24) is 0 Å². The lowest BCUT2D eigenvalue weighted by Crippen LogP contribution is -2.09. The normalized spacial score (nSPS) is 13.2. The third-order valence-corrected chi connectivity index (χ3v) is 5.81. The third kappa shape index (κ3) is 5.18. The predicted octanol–water partition coefficient (Wildman–Crippen LogP) is 5.38. The summed E-state index contributed by atoms with van der Waals surface area (Å²) in [5.41, 5.74) is 0.685. The summed E-state index contributed by atoms with van der Waals surface area (Å²) in [4.78, 5) is 12.0. The Morgan fingerprint density at radius 1 is 1.12 bits per heavy atom. The van der Waals surface area contributed by atoms with Crippen LogP contribution in [0.2, 0.25) is 5.02 Å². The van der Waals surface area contributed by atoms with Crippen molar-refractivity contribution in [1.29, 1.82) is 0 Å². The molecule has 3 nitrogen and oxygen atoms in total. The van der Waals surface area contributed by atoms with E-state index in [9.17, 15) is 9.00 Å². The van der Waals surface area contributed by atoms with Gasteiger partial charge in [-0.1, -0.05) is 51.3 Å². The SMILES string of the molecule is CC(=O)OC/C(=C(\Cl)c1ccc(Br)cc1)S(=O)c1ccc(Cl)cc1. The number of carbonyl (C=O) groups is 1. The molecule has 0 aliphatic heterocycles. The van der Waals surface area contributed by atoms with Crippen LogP contribution in [0.3, 0.4) is 0 Å². The van der Waals surface area contributed by atoms with E-state index in [1.54, 1.807) is 36.4 Å². The number of benzene rings is 2. The van der Waals surface area contributed by atoms with Gasteiger partial charge in [-0.3, -0.25) is 4.79 Å². The van der Waals surface area contributed by atoms with Crippen molar-refractivity contribution in [2.75, 3.05) is 6.61 Å². The van der Waals surface area contributed by atoms with Gasteiger partial charge < -0.3 is 4.74 Å². The molecule has 2 rings (SSSR count). The second kappa shape index (κ2) is 8.81. The van der Waals surface area contributed by atoms with E-state index in [2.05, 4.69) is 15.9 Å². The van der Waals surface area contributed by atoms with Crippen LogP contribution in [0.5, 0.6) is 0 Å². The smallest absolute Gasteiger partial charge is 0.302 e. The van der Waals surface area contributed by atoms with E-state index < -0.39 is 16.8 Å². The average molecular weight is 448 g/mol. The minimum atomic E-state index is -1.58. The van der Waals surface area contributed by atoms with Crippen LogP contribution in [-0.4, -0.2) is 16.8 Å². The molecule has 1 unspecified atom stereocenters. The van der Waals surface area contributed by atoms with Gasteiger partial charge in [-0.15, -0.1) is 0 Å². The molecule has 126 valence electrons. The fraction of sp³-hybridized carbons (Fsp3) is 0.118. The fourth-order valence-corrected chi connectivity index (χ4v) is 3.72. The van der Waals surface area contributed by atoms with Gasteiger partial charge >= 0.3 is 5.97 Å². The Kier molecular flexibility index (Phi) is 7.04. The quantitative estimate of drug-likeness (QED) is 0.577. The second-order valence-electron chi connectivity index (χ2n) is 4.75. The first-order valence-corrected chi connectivity index (χ1v) is 9.53. The van der Waals surface area contributed by atoms with Crippen molar-refractivity contribution in [3.05, 3.63) is 68.5 Å². The van der Waals surface area contributed by atoms with Gasteiger partial charge in [0.15, 0.2) is 0 Å². The van der Waals surface area contributed by atoms with E-state index in [0.717, 1.165) is 4.47 Å². The maximum atomic E-state index is 12.9. The van der Waals surface area contributed by atoms with E-state index >= 15 is 0 Å². The lowest BCUT2D eigenvalue weighted by atomic mass is 10.2. The van der Waals surface area contributed by atoms with Crippen LogP contribution in [0.4, 0.5) is 0 Å². The van der Waals surface area contributed by atoms with Gasteiger partial charge in [0.2, 0.25) is 0 Å². The third-order valence-electron chi connectivity index (χ3n) is 3.00. The lowest BCUT2D eigenvalue weighted by molar-refractivity contribution is -0.139. The van der Waals surface area contributed by atoms with Crippen molar-refractivity contribution in [3.63, 3.8) is 0 Å². The summed E-state index contributed by atoms with van der Waals surface area (Å²) in [5.74, 6) is -0.471. The Hall–Kier alpha value is -1.14. The molecule has 0 N–H and O–H groups in total. The summed E-state index contributed by atoms with van der Waals surface area (Å²) in [6.45, 7) is 1.13. The number of ether oxygens (including phenoxy) is 1. The zero-order valence-electron chi connectivity index (χ0n) is 12.6. The molecule has 0 radical (unpaired) electrons. The van der Waals surface area contributed by atoms with Crippen molar-refractivity contribution in [2.45, 2.75) is 11.8 Å². The Labute approximate surface area is 161 Å². The molecule has 0 fully saturated rings. The van der Waals surface area contributed by atoms with E-state index in [0.29, 0.717) is 20.4 Å². The average Bonchev–Trinajstić information content (AvgIpc) is 2.55. The van der Waals surface area contributed by atoms with Gasteiger partial charge in [0.1, 0.15) is 6.61 Å². The molecule has 0 saturated heterocycles. The highest BCUT2D eigenvalue weighted by Crippen LogP contribution is 2.29. The topological polar surface area (TPSA) is 43.4 Å². The van der Waals surface area contributed by atoms with E-state index in [4.69, 9.17) is 27.9 Å². The maximum Gasteiger partial charge on any atom is 0.302 e. The minimum Gasteiger partial charge on any atom is -0.460 e. The van der Waals surface area contributed by atoms with Crippen LogP contribution >= 0.6 is 39.1 Å². The Bertz CT molecular complexity index is 786. The second-order valence-corrected chi connectivity index (χ2v) is 7.98. The number of hydrogen-bond acceptors (Lipinski definition) is 3. The van der Waals surface area contributed by atoms with Crippen molar-refractivity contribution in [2.24, 2.45) is 0 Å². The van der Waals surface area contributed by atoms with Crippen LogP contribution in [-0.2, 0) is 20.3 Å². The van der Waals surface area contributed by atoms with Crippen molar-refractivity contribution in [3.8, 4) is 0 Å². The monoisotopic (exact) mass is 446 g/mol. The molecule has 0 spiro atoms. The highest BCUT2D eigenvalue weighted by atomic mass is 79.9. The largest absolute Gasteiger partial charge is 0.460 e. The molecule has 2 aromatic carbocycles. The number of hydrogen-bond donors (Lipinski definition) is 0. The molecular weight excluding hydrogens is 435 g/mol. The van der Waals surface area contributed by atoms with Crippen LogP contribution < -0.4 is 0 Å². The molecule has 24 heavy (non-hydrogen) atoms. The predicted molar refractivity (Wildman–Crippen MR) is 101 cm³/mol. The maximum absolute atomic E-state index is 12.9. The zero-order valence-corrected chi connectivity index (χ0v) is 16.5. The van der Waals surface area contributed by atoms with Crippen molar-refractivity contribution >= 4 is 60.9 Å². The standard InChI is InChI=1S/C17H13BrCl2O3S/c1-11(21)23-10-16(17(20)12-2-4-13(18)5-3-12)24(22)15-8-6-14(19)7-9-15/h2-9H,10H2,1H3/b17-16+. The molecular formula is C17H13BrCl2O3S. The lowest BCUT2D eigenvalue weighted by Gasteiger charge is -2.11. The van der Waals surface area contributed by atoms with Gasteiger partial charge in [-0.25, -0.2) is 4.21 Å². The van der Waals surface area contributed by atoms with Crippen LogP contribution in [0, 0.1) is 0 Å². The number of esters is 1. The molecule has 0 aliphatic rings. The number of halogens is 3. The van der Waals surface area contributed by atoms with E-state index in [1.807, 2.05) is 12.1 Å². The van der Waals surface area contributed by atoms with Crippen LogP contribution in [0.1, 0.15) is 12.5 Å². The number of carbonyl (C=O) groups excluding carboxylic acids is 1. The van der Waals surface area contributed by atoms with Gasteiger partial charge in [0.05, 0.1) is 20.7 Å².